The van der Waals surface area contributed by atoms with Crippen LogP contribution in [0.3, 0.4) is 0 Å². The second-order valence-electron chi connectivity index (χ2n) is 9.06. The summed E-state index contributed by atoms with van der Waals surface area (Å²) in [5.41, 5.74) is 1.71. The van der Waals surface area contributed by atoms with Crippen LogP contribution in [0.15, 0.2) is 39.9 Å². The van der Waals surface area contributed by atoms with E-state index < -0.39 is 5.72 Å². The first-order valence-corrected chi connectivity index (χ1v) is 11.2. The van der Waals surface area contributed by atoms with E-state index in [0.717, 1.165) is 36.8 Å². The number of likely N-dealkylation sites (tertiary alicyclic amines) is 1. The van der Waals surface area contributed by atoms with Crippen molar-refractivity contribution < 1.29 is 9.26 Å². The Kier molecular flexibility index (Phi) is 4.44. The molecule has 32 heavy (non-hydrogen) atoms. The summed E-state index contributed by atoms with van der Waals surface area (Å²) in [5.74, 6) is 0.923. The molecule has 3 aromatic heterocycles. The summed E-state index contributed by atoms with van der Waals surface area (Å²) >= 11 is 0. The lowest BCUT2D eigenvalue weighted by molar-refractivity contribution is -0.0447. The number of para-hydroxylation sites is 2. The largest absolute Gasteiger partial charge is 0.355 e. The van der Waals surface area contributed by atoms with Crippen LogP contribution in [0.5, 0.6) is 0 Å². The highest BCUT2D eigenvalue weighted by molar-refractivity contribution is 5.83. The zero-order chi connectivity index (χ0) is 21.9. The fourth-order valence-corrected chi connectivity index (χ4v) is 5.25. The Morgan fingerprint density at radius 2 is 2.06 bits per heavy atom. The van der Waals surface area contributed by atoms with Crippen molar-refractivity contribution in [2.24, 2.45) is 0 Å². The third-order valence-electron chi connectivity index (χ3n) is 6.99. The van der Waals surface area contributed by atoms with Gasteiger partial charge in [-0.05, 0) is 58.3 Å². The fourth-order valence-electron chi connectivity index (χ4n) is 5.25. The number of nitrogens with zero attached hydrogens (tertiary/aromatic N) is 6. The molecule has 0 spiro atoms. The summed E-state index contributed by atoms with van der Waals surface area (Å²) < 4.78 is 15.2. The maximum Gasteiger partial charge on any atom is 0.280 e. The number of imidazole rings is 1. The van der Waals surface area contributed by atoms with Crippen LogP contribution in [0.4, 0.5) is 0 Å². The molecule has 2 aliphatic heterocycles. The molecule has 2 atom stereocenters. The summed E-state index contributed by atoms with van der Waals surface area (Å²) in [6.45, 7) is 3.70. The molecule has 0 amide bonds. The number of aromatic nitrogens is 5. The third kappa shape index (κ3) is 2.91. The van der Waals surface area contributed by atoms with Gasteiger partial charge in [0.2, 0.25) is 11.7 Å². The minimum atomic E-state index is -0.699. The first-order valence-electron chi connectivity index (χ1n) is 11.2. The molecule has 0 radical (unpaired) electrons. The molecule has 2 fully saturated rings. The highest BCUT2D eigenvalue weighted by Gasteiger charge is 2.35. The summed E-state index contributed by atoms with van der Waals surface area (Å²) in [7, 11) is 2.12. The van der Waals surface area contributed by atoms with Crippen molar-refractivity contribution in [2.45, 2.75) is 50.8 Å². The Labute approximate surface area is 184 Å². The van der Waals surface area contributed by atoms with Gasteiger partial charge >= 0.3 is 0 Å². The minimum Gasteiger partial charge on any atom is -0.355 e. The SMILES string of the molecule is CN1CCCC1Cc1nc(-c2ncn3c2c(=O)n(C2(C)CCCO2)c2ccccc23)no1. The van der Waals surface area contributed by atoms with Gasteiger partial charge in [0.05, 0.1) is 11.0 Å². The van der Waals surface area contributed by atoms with Crippen LogP contribution in [0.2, 0.25) is 0 Å². The number of likely N-dealkylation sites (N-methyl/N-ethyl adjacent to an activating group) is 1. The summed E-state index contributed by atoms with van der Waals surface area (Å²) in [5, 5.41) is 4.18. The van der Waals surface area contributed by atoms with Crippen molar-refractivity contribution in [3.63, 3.8) is 0 Å². The van der Waals surface area contributed by atoms with Crippen LogP contribution in [0.1, 0.15) is 38.5 Å². The topological polar surface area (TPSA) is 90.7 Å². The number of hydrogen-bond acceptors (Lipinski definition) is 7. The Bertz CT molecular complexity index is 1360. The zero-order valence-corrected chi connectivity index (χ0v) is 18.3. The average molecular weight is 435 g/mol. The van der Waals surface area contributed by atoms with E-state index >= 15 is 0 Å². The number of benzene rings is 1. The number of fused-ring (bicyclic) bond motifs is 3. The third-order valence-corrected chi connectivity index (χ3v) is 6.99. The first kappa shape index (κ1) is 19.6. The Morgan fingerprint density at radius 3 is 2.81 bits per heavy atom. The maximum atomic E-state index is 13.8. The molecule has 0 saturated carbocycles. The highest BCUT2D eigenvalue weighted by Crippen LogP contribution is 2.33. The van der Waals surface area contributed by atoms with Crippen LogP contribution >= 0.6 is 0 Å². The zero-order valence-electron chi connectivity index (χ0n) is 18.3. The smallest absolute Gasteiger partial charge is 0.280 e. The van der Waals surface area contributed by atoms with Crippen LogP contribution in [-0.4, -0.2) is 55.2 Å². The molecule has 6 rings (SSSR count). The second-order valence-corrected chi connectivity index (χ2v) is 9.06. The van der Waals surface area contributed by atoms with Crippen molar-refractivity contribution in [3.05, 3.63) is 46.8 Å². The highest BCUT2D eigenvalue weighted by atomic mass is 16.5. The summed E-state index contributed by atoms with van der Waals surface area (Å²) in [6.07, 6.45) is 6.36. The maximum absolute atomic E-state index is 13.8. The predicted octanol–water partition coefficient (Wildman–Crippen LogP) is 2.82. The van der Waals surface area contributed by atoms with Gasteiger partial charge in [-0.15, -0.1) is 0 Å². The summed E-state index contributed by atoms with van der Waals surface area (Å²) in [4.78, 5) is 25.3. The van der Waals surface area contributed by atoms with E-state index in [1.165, 1.54) is 6.42 Å². The van der Waals surface area contributed by atoms with Gasteiger partial charge in [0, 0.05) is 19.1 Å². The molecular weight excluding hydrogens is 408 g/mol. The fraction of sp³-hybridized carbons (Fsp3) is 0.478. The molecular formula is C23H26N6O3. The number of rotatable bonds is 4. The second kappa shape index (κ2) is 7.25. The lowest BCUT2D eigenvalue weighted by Crippen LogP contribution is -2.39. The predicted molar refractivity (Wildman–Crippen MR) is 118 cm³/mol. The molecule has 166 valence electrons. The van der Waals surface area contributed by atoms with Crippen molar-refractivity contribution in [1.29, 1.82) is 0 Å². The van der Waals surface area contributed by atoms with Crippen molar-refractivity contribution >= 4 is 16.6 Å². The van der Waals surface area contributed by atoms with Gasteiger partial charge in [0.15, 0.2) is 0 Å². The molecule has 9 nitrogen and oxygen atoms in total. The van der Waals surface area contributed by atoms with Gasteiger partial charge in [0.1, 0.15) is 23.3 Å². The van der Waals surface area contributed by atoms with E-state index in [-0.39, 0.29) is 5.56 Å². The Morgan fingerprint density at radius 1 is 1.22 bits per heavy atom. The van der Waals surface area contributed by atoms with E-state index in [0.29, 0.717) is 42.0 Å². The van der Waals surface area contributed by atoms with Crippen molar-refractivity contribution in [1.82, 2.24) is 29.0 Å². The van der Waals surface area contributed by atoms with E-state index in [1.807, 2.05) is 35.6 Å². The minimum absolute atomic E-state index is 0.164. The molecule has 2 unspecified atom stereocenters. The molecule has 0 bridgehead atoms. The number of ether oxygens (including phenoxy) is 1. The van der Waals surface area contributed by atoms with Gasteiger partial charge in [0.25, 0.3) is 5.56 Å². The monoisotopic (exact) mass is 434 g/mol. The quantitative estimate of drug-likeness (QED) is 0.488. The molecule has 2 saturated heterocycles. The van der Waals surface area contributed by atoms with Gasteiger partial charge in [-0.2, -0.15) is 4.98 Å². The van der Waals surface area contributed by atoms with Gasteiger partial charge in [-0.3, -0.25) is 13.8 Å². The molecule has 4 aromatic rings. The summed E-state index contributed by atoms with van der Waals surface area (Å²) in [6, 6.07) is 8.24. The van der Waals surface area contributed by atoms with E-state index in [1.54, 1.807) is 10.9 Å². The van der Waals surface area contributed by atoms with E-state index in [2.05, 4.69) is 27.1 Å². The Balaban J connectivity index is 1.51. The molecule has 0 N–H and O–H groups in total. The molecule has 1 aromatic carbocycles. The van der Waals surface area contributed by atoms with Gasteiger partial charge < -0.3 is 14.2 Å². The van der Waals surface area contributed by atoms with E-state index in [4.69, 9.17) is 9.26 Å². The normalized spacial score (nSPS) is 24.2. The van der Waals surface area contributed by atoms with Crippen LogP contribution < -0.4 is 5.56 Å². The van der Waals surface area contributed by atoms with Crippen LogP contribution in [-0.2, 0) is 16.9 Å². The standard InChI is InChI=1S/C23H26N6O3/c1-23(10-6-12-31-23)29-17-9-4-3-8-16(17)28-14-24-19(20(28)22(29)30)21-25-18(32-26-21)13-15-7-5-11-27(15)2/h3-4,8-9,14-15H,5-7,10-13H2,1-2H3. The molecule has 9 heteroatoms. The lowest BCUT2D eigenvalue weighted by atomic mass is 10.1. The molecule has 0 aliphatic carbocycles. The van der Waals surface area contributed by atoms with Crippen molar-refractivity contribution in [2.75, 3.05) is 20.2 Å². The van der Waals surface area contributed by atoms with Gasteiger partial charge in [-0.25, -0.2) is 4.98 Å². The lowest BCUT2D eigenvalue weighted by Gasteiger charge is -2.28. The van der Waals surface area contributed by atoms with Crippen LogP contribution in [0.25, 0.3) is 28.1 Å². The Hall–Kier alpha value is -3.04. The van der Waals surface area contributed by atoms with Crippen LogP contribution in [0, 0.1) is 0 Å². The number of hydrogen-bond donors (Lipinski definition) is 0. The average Bonchev–Trinajstić information content (AvgIpc) is 3.57. The van der Waals surface area contributed by atoms with Crippen molar-refractivity contribution in [3.8, 4) is 11.5 Å². The first-order chi connectivity index (χ1) is 15.5. The molecule has 2 aliphatic rings. The van der Waals surface area contributed by atoms with E-state index in [9.17, 15) is 4.79 Å². The molecule has 5 heterocycles. The van der Waals surface area contributed by atoms with Gasteiger partial charge in [-0.1, -0.05) is 17.3 Å².